The van der Waals surface area contributed by atoms with Gasteiger partial charge in [0.1, 0.15) is 5.69 Å². The molecule has 0 aliphatic carbocycles. The van der Waals surface area contributed by atoms with Gasteiger partial charge in [-0.25, -0.2) is 4.98 Å². The number of pyridine rings is 2. The van der Waals surface area contributed by atoms with Crippen molar-refractivity contribution in [3.05, 3.63) is 60.2 Å². The van der Waals surface area contributed by atoms with Crippen molar-refractivity contribution in [3.63, 3.8) is 0 Å². The summed E-state index contributed by atoms with van der Waals surface area (Å²) in [5, 5.41) is 0. The first-order valence-corrected chi connectivity index (χ1v) is 6.05. The molecule has 0 bridgehead atoms. The van der Waals surface area contributed by atoms with Crippen LogP contribution in [0.25, 0.3) is 0 Å². The van der Waals surface area contributed by atoms with Crippen molar-refractivity contribution in [2.24, 2.45) is 0 Å². The van der Waals surface area contributed by atoms with E-state index in [0.717, 1.165) is 17.9 Å². The minimum Gasteiger partial charge on any atom is -1.00 e. The lowest BCUT2D eigenvalue weighted by atomic mass is 10.3. The van der Waals surface area contributed by atoms with Gasteiger partial charge in [0.25, 0.3) is 0 Å². The molecule has 0 atom stereocenters. The molecule has 0 amide bonds. The quantitative estimate of drug-likeness (QED) is 0.619. The van der Waals surface area contributed by atoms with E-state index < -0.39 is 0 Å². The van der Waals surface area contributed by atoms with Gasteiger partial charge in [0, 0.05) is 12.1 Å². The lowest BCUT2D eigenvalue weighted by Gasteiger charge is -2.08. The molecule has 0 saturated carbocycles. The summed E-state index contributed by atoms with van der Waals surface area (Å²) in [7, 11) is 0. The largest absolute Gasteiger partial charge is 1.00 e. The van der Waals surface area contributed by atoms with E-state index in [9.17, 15) is 0 Å². The Morgan fingerprint density at radius 1 is 1.05 bits per heavy atom. The van der Waals surface area contributed by atoms with Crippen molar-refractivity contribution in [3.8, 4) is 0 Å². The molecule has 0 aromatic carbocycles. The zero-order valence-electron chi connectivity index (χ0n) is 10.8. The number of aromatic nitrogens is 2. The molecule has 3 rings (SSSR count). The highest BCUT2D eigenvalue weighted by Gasteiger charge is 2.20. The molecule has 3 heterocycles. The van der Waals surface area contributed by atoms with Gasteiger partial charge in [-0.15, -0.1) is 17.0 Å². The Labute approximate surface area is 139 Å². The van der Waals surface area contributed by atoms with Crippen LogP contribution in [0.15, 0.2) is 48.8 Å². The van der Waals surface area contributed by atoms with Crippen molar-refractivity contribution < 1.29 is 31.0 Å². The number of ether oxygens (including phenoxy) is 2. The smallest absolute Gasteiger partial charge is 0.201 e. The summed E-state index contributed by atoms with van der Waals surface area (Å²) < 4.78 is 13.0. The van der Waals surface area contributed by atoms with Crippen molar-refractivity contribution >= 4 is 17.0 Å². The normalized spacial score (nSPS) is 14.4. The molecule has 2 aromatic rings. The Kier molecular flexibility index (Phi) is 7.29. The van der Waals surface area contributed by atoms with E-state index in [1.165, 1.54) is 0 Å². The van der Waals surface area contributed by atoms with Gasteiger partial charge in [0.05, 0.1) is 18.9 Å². The van der Waals surface area contributed by atoms with Gasteiger partial charge in [0.15, 0.2) is 18.9 Å². The maximum absolute atomic E-state index is 5.45. The topological polar surface area (TPSA) is 35.2 Å². The number of nitrogens with zero attached hydrogens (tertiary/aromatic N) is 2. The second kappa shape index (κ2) is 8.46. The molecule has 108 valence electrons. The van der Waals surface area contributed by atoms with Gasteiger partial charge in [-0.05, 0) is 12.1 Å². The molecule has 1 aliphatic rings. The minimum absolute atomic E-state index is 0. The number of halogens is 2. The SMILES string of the molecule is Br.[Br-].c1cc[n+](Cc2cccc(C3OCCO3)n2)cc1. The Hall–Kier alpha value is -0.820. The molecular formula is C14H16Br2N2O2. The van der Waals surface area contributed by atoms with Gasteiger partial charge in [-0.2, -0.15) is 4.57 Å². The lowest BCUT2D eigenvalue weighted by molar-refractivity contribution is -0.688. The molecule has 6 heteroatoms. The van der Waals surface area contributed by atoms with Gasteiger partial charge in [0.2, 0.25) is 6.29 Å². The fourth-order valence-corrected chi connectivity index (χ4v) is 1.97. The van der Waals surface area contributed by atoms with Crippen LogP contribution in [-0.2, 0) is 16.0 Å². The fourth-order valence-electron chi connectivity index (χ4n) is 1.97. The van der Waals surface area contributed by atoms with Crippen molar-refractivity contribution in [1.29, 1.82) is 0 Å². The summed E-state index contributed by atoms with van der Waals surface area (Å²) in [6.07, 6.45) is 3.75. The highest BCUT2D eigenvalue weighted by Crippen LogP contribution is 2.21. The first-order chi connectivity index (χ1) is 8.92. The molecule has 0 spiro atoms. The summed E-state index contributed by atoms with van der Waals surface area (Å²) in [5.41, 5.74) is 1.85. The average molecular weight is 404 g/mol. The summed E-state index contributed by atoms with van der Waals surface area (Å²) >= 11 is 0. The second-order valence-corrected chi connectivity index (χ2v) is 4.18. The van der Waals surface area contributed by atoms with Crippen LogP contribution in [0.1, 0.15) is 17.7 Å². The molecule has 1 fully saturated rings. The molecule has 0 N–H and O–H groups in total. The highest BCUT2D eigenvalue weighted by atomic mass is 79.9. The highest BCUT2D eigenvalue weighted by molar-refractivity contribution is 8.93. The molecule has 0 unspecified atom stereocenters. The minimum atomic E-state index is -0.300. The molecule has 4 nitrogen and oxygen atoms in total. The summed E-state index contributed by atoms with van der Waals surface area (Å²) in [4.78, 5) is 4.58. The monoisotopic (exact) mass is 402 g/mol. The summed E-state index contributed by atoms with van der Waals surface area (Å²) in [5.74, 6) is 0. The van der Waals surface area contributed by atoms with Crippen molar-refractivity contribution in [2.45, 2.75) is 12.8 Å². The fraction of sp³-hybridized carbons (Fsp3) is 0.286. The van der Waals surface area contributed by atoms with Crippen molar-refractivity contribution in [1.82, 2.24) is 4.98 Å². The maximum Gasteiger partial charge on any atom is 0.201 e. The molecule has 1 aliphatic heterocycles. The van der Waals surface area contributed by atoms with Crippen LogP contribution in [0, 0.1) is 0 Å². The van der Waals surface area contributed by atoms with E-state index in [-0.39, 0.29) is 40.3 Å². The van der Waals surface area contributed by atoms with Gasteiger partial charge in [-0.3, -0.25) is 0 Å². The Bertz CT molecular complexity index is 520. The standard InChI is InChI=1S/C14H15N2O2.2BrH/c1-2-7-16(8-3-1)11-12-5-4-6-13(15-12)14-17-9-10-18-14;;/h1-8,14H,9-11H2;2*1H/q+1;;/p-1. The molecule has 2 aromatic heterocycles. The zero-order valence-corrected chi connectivity index (χ0v) is 14.1. The van der Waals surface area contributed by atoms with Crippen LogP contribution in [0.5, 0.6) is 0 Å². The van der Waals surface area contributed by atoms with E-state index in [1.54, 1.807) is 0 Å². The third-order valence-electron chi connectivity index (χ3n) is 2.81. The van der Waals surface area contributed by atoms with Crippen LogP contribution < -0.4 is 21.5 Å². The van der Waals surface area contributed by atoms with Crippen molar-refractivity contribution in [2.75, 3.05) is 13.2 Å². The van der Waals surface area contributed by atoms with Crippen LogP contribution in [-0.4, -0.2) is 18.2 Å². The van der Waals surface area contributed by atoms with Crippen LogP contribution in [0.2, 0.25) is 0 Å². The van der Waals surface area contributed by atoms with E-state index in [4.69, 9.17) is 9.47 Å². The number of hydrogen-bond acceptors (Lipinski definition) is 3. The predicted molar refractivity (Wildman–Crippen MR) is 74.9 cm³/mol. The Morgan fingerprint density at radius 2 is 1.75 bits per heavy atom. The first kappa shape index (κ1) is 17.2. The summed E-state index contributed by atoms with van der Waals surface area (Å²) in [6.45, 7) is 2.04. The zero-order chi connectivity index (χ0) is 12.2. The molecule has 20 heavy (non-hydrogen) atoms. The number of rotatable bonds is 3. The lowest BCUT2D eigenvalue weighted by Crippen LogP contribution is -3.00. The van der Waals surface area contributed by atoms with Gasteiger partial charge in [-0.1, -0.05) is 12.1 Å². The van der Waals surface area contributed by atoms with Crippen LogP contribution in [0.4, 0.5) is 0 Å². The van der Waals surface area contributed by atoms with E-state index in [0.29, 0.717) is 13.2 Å². The third kappa shape index (κ3) is 4.34. The predicted octanol–water partition coefficient (Wildman–Crippen LogP) is -0.955. The van der Waals surface area contributed by atoms with E-state index >= 15 is 0 Å². The second-order valence-electron chi connectivity index (χ2n) is 4.18. The average Bonchev–Trinajstić information content (AvgIpc) is 2.94. The maximum atomic E-state index is 5.45. The van der Waals surface area contributed by atoms with Gasteiger partial charge >= 0.3 is 0 Å². The third-order valence-corrected chi connectivity index (χ3v) is 2.81. The number of hydrogen-bond donors (Lipinski definition) is 0. The Morgan fingerprint density at radius 3 is 2.45 bits per heavy atom. The molecular weight excluding hydrogens is 388 g/mol. The van der Waals surface area contributed by atoms with Crippen LogP contribution in [0.3, 0.4) is 0 Å². The van der Waals surface area contributed by atoms with E-state index in [1.807, 2.05) is 48.8 Å². The molecule has 0 radical (unpaired) electrons. The first-order valence-electron chi connectivity index (χ1n) is 6.05. The summed E-state index contributed by atoms with van der Waals surface area (Å²) in [6, 6.07) is 12.0. The molecule has 1 saturated heterocycles. The van der Waals surface area contributed by atoms with E-state index in [2.05, 4.69) is 9.55 Å². The Balaban J connectivity index is 0.000001000. The van der Waals surface area contributed by atoms with Gasteiger partial charge < -0.3 is 26.5 Å². The van der Waals surface area contributed by atoms with Crippen LogP contribution >= 0.6 is 17.0 Å².